The predicted molar refractivity (Wildman–Crippen MR) is 72.3 cm³/mol. The fraction of sp³-hybridized carbons (Fsp3) is 0.800. The molecule has 3 nitrogen and oxygen atoms in total. The molecule has 0 spiro atoms. The Morgan fingerprint density at radius 3 is 2.78 bits per heavy atom. The molecular formula is C15H25N2O. The third kappa shape index (κ3) is 3.14. The summed E-state index contributed by atoms with van der Waals surface area (Å²) in [5.41, 5.74) is 2.71. The maximum absolute atomic E-state index is 10.9. The number of rotatable bonds is 7. The van der Waals surface area contributed by atoms with E-state index in [1.807, 2.05) is 0 Å². The van der Waals surface area contributed by atoms with Gasteiger partial charge in [-0.15, -0.1) is 0 Å². The molecule has 1 aromatic heterocycles. The van der Waals surface area contributed by atoms with Crippen LogP contribution in [0, 0.1) is 0 Å². The van der Waals surface area contributed by atoms with Gasteiger partial charge in [-0.05, 0) is 32.1 Å². The van der Waals surface area contributed by atoms with Crippen molar-refractivity contribution in [1.29, 1.82) is 0 Å². The summed E-state index contributed by atoms with van der Waals surface area (Å²) in [6.45, 7) is 3.27. The summed E-state index contributed by atoms with van der Waals surface area (Å²) >= 11 is 0. The van der Waals surface area contributed by atoms with E-state index < -0.39 is 0 Å². The van der Waals surface area contributed by atoms with Gasteiger partial charge in [-0.25, -0.2) is 10.1 Å². The van der Waals surface area contributed by atoms with Crippen molar-refractivity contribution in [1.82, 2.24) is 9.55 Å². The van der Waals surface area contributed by atoms with Crippen LogP contribution in [0.4, 0.5) is 0 Å². The highest BCUT2D eigenvalue weighted by atomic mass is 16.3. The molecule has 2 rings (SSSR count). The highest BCUT2D eigenvalue weighted by Crippen LogP contribution is 2.23. The normalized spacial score (nSPS) is 14.8. The molecule has 1 aromatic rings. The quantitative estimate of drug-likeness (QED) is 0.683. The summed E-state index contributed by atoms with van der Waals surface area (Å²) in [6.07, 6.45) is 10.5. The molecule has 0 bridgehead atoms. The smallest absolute Gasteiger partial charge is 0.111 e. The van der Waals surface area contributed by atoms with Crippen LogP contribution in [0.3, 0.4) is 0 Å². The van der Waals surface area contributed by atoms with Crippen LogP contribution in [0.25, 0.3) is 0 Å². The second-order valence-corrected chi connectivity index (χ2v) is 5.29. The average molecular weight is 249 g/mol. The lowest BCUT2D eigenvalue weighted by molar-refractivity contribution is 0.194. The third-order valence-corrected chi connectivity index (χ3v) is 3.87. The zero-order valence-electron chi connectivity index (χ0n) is 11.6. The van der Waals surface area contributed by atoms with E-state index in [0.717, 1.165) is 25.2 Å². The van der Waals surface area contributed by atoms with Gasteiger partial charge in [-0.1, -0.05) is 26.2 Å². The molecule has 101 valence electrons. The summed E-state index contributed by atoms with van der Waals surface area (Å²) in [6, 6.07) is 0. The molecule has 1 aliphatic rings. The largest absolute Gasteiger partial charge is 0.332 e. The van der Waals surface area contributed by atoms with Crippen molar-refractivity contribution in [3.8, 4) is 0 Å². The van der Waals surface area contributed by atoms with Crippen molar-refractivity contribution in [2.24, 2.45) is 0 Å². The van der Waals surface area contributed by atoms with Crippen molar-refractivity contribution in [3.05, 3.63) is 17.2 Å². The lowest BCUT2D eigenvalue weighted by atomic mass is 10.0. The molecule has 0 aliphatic heterocycles. The van der Waals surface area contributed by atoms with Crippen molar-refractivity contribution >= 4 is 0 Å². The van der Waals surface area contributed by atoms with Gasteiger partial charge in [0.1, 0.15) is 5.82 Å². The fourth-order valence-electron chi connectivity index (χ4n) is 2.90. The van der Waals surface area contributed by atoms with E-state index in [2.05, 4.69) is 11.5 Å². The van der Waals surface area contributed by atoms with Crippen molar-refractivity contribution in [3.63, 3.8) is 0 Å². The Labute approximate surface area is 110 Å². The Bertz CT molecular complexity index is 371. The standard InChI is InChI=1S/C15H25N2O/c1-2-3-4-7-11-17-14-9-6-5-8-13(14)16-15(17)10-12-18/h2-12H2,1H3. The molecule has 0 fully saturated rings. The minimum Gasteiger partial charge on any atom is -0.332 e. The molecule has 3 heteroatoms. The molecule has 1 radical (unpaired) electrons. The van der Waals surface area contributed by atoms with Gasteiger partial charge < -0.3 is 4.57 Å². The maximum atomic E-state index is 10.9. The van der Waals surface area contributed by atoms with Gasteiger partial charge >= 0.3 is 0 Å². The Morgan fingerprint density at radius 1 is 1.17 bits per heavy atom. The van der Waals surface area contributed by atoms with Crippen LogP contribution in [-0.4, -0.2) is 16.2 Å². The molecule has 0 amide bonds. The Balaban J connectivity index is 2.06. The minimum absolute atomic E-state index is 0.0369. The maximum Gasteiger partial charge on any atom is 0.111 e. The van der Waals surface area contributed by atoms with Gasteiger partial charge in [0.25, 0.3) is 0 Å². The first-order chi connectivity index (χ1) is 8.86. The molecule has 0 atom stereocenters. The number of unbranched alkanes of at least 4 members (excludes halogenated alkanes) is 3. The highest BCUT2D eigenvalue weighted by molar-refractivity contribution is 5.20. The van der Waals surface area contributed by atoms with E-state index in [1.54, 1.807) is 0 Å². The molecule has 18 heavy (non-hydrogen) atoms. The van der Waals surface area contributed by atoms with E-state index in [-0.39, 0.29) is 6.61 Å². The zero-order chi connectivity index (χ0) is 12.8. The SMILES string of the molecule is CCCCCCn1c(CC[O])nc2c1CCCC2. The molecule has 1 aliphatic carbocycles. The van der Waals surface area contributed by atoms with Crippen molar-refractivity contribution in [2.75, 3.05) is 6.61 Å². The summed E-state index contributed by atoms with van der Waals surface area (Å²) in [5.74, 6) is 1.05. The van der Waals surface area contributed by atoms with E-state index in [1.165, 1.54) is 49.9 Å². The third-order valence-electron chi connectivity index (χ3n) is 3.87. The Morgan fingerprint density at radius 2 is 2.00 bits per heavy atom. The summed E-state index contributed by atoms with van der Waals surface area (Å²) in [4.78, 5) is 4.70. The predicted octanol–water partition coefficient (Wildman–Crippen LogP) is 3.32. The van der Waals surface area contributed by atoms with Crippen LogP contribution in [0.1, 0.15) is 62.7 Å². The first kappa shape index (κ1) is 13.6. The van der Waals surface area contributed by atoms with Crippen LogP contribution in [0.15, 0.2) is 0 Å². The molecule has 0 aromatic carbocycles. The molecule has 0 saturated heterocycles. The molecule has 1 heterocycles. The lowest BCUT2D eigenvalue weighted by Crippen LogP contribution is -2.11. The monoisotopic (exact) mass is 249 g/mol. The first-order valence-corrected chi connectivity index (χ1v) is 7.52. The van der Waals surface area contributed by atoms with Gasteiger partial charge in [0, 0.05) is 18.7 Å². The number of imidazole rings is 1. The second kappa shape index (κ2) is 6.93. The van der Waals surface area contributed by atoms with Crippen LogP contribution in [0.2, 0.25) is 0 Å². The first-order valence-electron chi connectivity index (χ1n) is 7.52. The topological polar surface area (TPSA) is 37.7 Å². The highest BCUT2D eigenvalue weighted by Gasteiger charge is 2.19. The number of aryl methyl sites for hydroxylation is 1. The minimum atomic E-state index is -0.0369. The lowest BCUT2D eigenvalue weighted by Gasteiger charge is -2.15. The summed E-state index contributed by atoms with van der Waals surface area (Å²) in [5, 5.41) is 10.9. The van der Waals surface area contributed by atoms with E-state index in [0.29, 0.717) is 6.42 Å². The number of aromatic nitrogens is 2. The number of hydrogen-bond acceptors (Lipinski definition) is 1. The van der Waals surface area contributed by atoms with Gasteiger partial charge in [0.2, 0.25) is 0 Å². The fourth-order valence-corrected chi connectivity index (χ4v) is 2.90. The summed E-state index contributed by atoms with van der Waals surface area (Å²) in [7, 11) is 0. The Kier molecular flexibility index (Phi) is 5.24. The number of nitrogens with zero attached hydrogens (tertiary/aromatic N) is 2. The van der Waals surface area contributed by atoms with Crippen LogP contribution in [0.5, 0.6) is 0 Å². The van der Waals surface area contributed by atoms with Crippen LogP contribution in [-0.2, 0) is 30.9 Å². The molecule has 0 saturated carbocycles. The summed E-state index contributed by atoms with van der Waals surface area (Å²) < 4.78 is 2.36. The second-order valence-electron chi connectivity index (χ2n) is 5.29. The Hall–Kier alpha value is -0.830. The van der Waals surface area contributed by atoms with Crippen LogP contribution >= 0.6 is 0 Å². The van der Waals surface area contributed by atoms with Gasteiger partial charge in [0.05, 0.1) is 12.3 Å². The van der Waals surface area contributed by atoms with Crippen LogP contribution < -0.4 is 0 Å². The average Bonchev–Trinajstić information content (AvgIpc) is 2.73. The van der Waals surface area contributed by atoms with Gasteiger partial charge in [0.15, 0.2) is 0 Å². The van der Waals surface area contributed by atoms with Crippen molar-refractivity contribution < 1.29 is 5.11 Å². The zero-order valence-corrected chi connectivity index (χ0v) is 11.6. The number of fused-ring (bicyclic) bond motifs is 1. The molecule has 0 unspecified atom stereocenters. The van der Waals surface area contributed by atoms with Gasteiger partial charge in [-0.2, -0.15) is 0 Å². The van der Waals surface area contributed by atoms with E-state index in [4.69, 9.17) is 4.98 Å². The van der Waals surface area contributed by atoms with Gasteiger partial charge in [-0.3, -0.25) is 0 Å². The molecular weight excluding hydrogens is 224 g/mol. The van der Waals surface area contributed by atoms with E-state index >= 15 is 0 Å². The van der Waals surface area contributed by atoms with E-state index in [9.17, 15) is 5.11 Å². The molecule has 0 N–H and O–H groups in total. The number of hydrogen-bond donors (Lipinski definition) is 0. The van der Waals surface area contributed by atoms with Crippen molar-refractivity contribution in [2.45, 2.75) is 71.3 Å².